The molecule has 1 aromatic carbocycles. The predicted molar refractivity (Wildman–Crippen MR) is 83.3 cm³/mol. The number of benzene rings is 1. The Morgan fingerprint density at radius 3 is 2.30 bits per heavy atom. The van der Waals surface area contributed by atoms with Crippen molar-refractivity contribution in [2.75, 3.05) is 13.7 Å². The summed E-state index contributed by atoms with van der Waals surface area (Å²) in [7, 11) is 1.75. The van der Waals surface area contributed by atoms with Gasteiger partial charge in [0.2, 0.25) is 0 Å². The average molecular weight is 273 g/mol. The topological polar surface area (TPSA) is 21.3 Å². The van der Waals surface area contributed by atoms with E-state index in [0.29, 0.717) is 11.5 Å². The summed E-state index contributed by atoms with van der Waals surface area (Å²) >= 11 is 0. The summed E-state index contributed by atoms with van der Waals surface area (Å²) in [6, 6.07) is 4.94. The number of ether oxygens (including phenoxy) is 1. The third-order valence-electron chi connectivity index (χ3n) is 5.52. The van der Waals surface area contributed by atoms with Gasteiger partial charge in [-0.2, -0.15) is 0 Å². The lowest BCUT2D eigenvalue weighted by atomic mass is 9.66. The monoisotopic (exact) mass is 273 g/mol. The summed E-state index contributed by atoms with van der Waals surface area (Å²) in [6.45, 7) is 5.65. The molecule has 1 aliphatic heterocycles. The van der Waals surface area contributed by atoms with Crippen LogP contribution in [0.5, 0.6) is 5.75 Å². The van der Waals surface area contributed by atoms with Crippen molar-refractivity contribution in [3.63, 3.8) is 0 Å². The number of nitrogens with one attached hydrogen (secondary N) is 1. The maximum atomic E-state index is 5.41. The summed E-state index contributed by atoms with van der Waals surface area (Å²) in [5.41, 5.74) is 4.81. The van der Waals surface area contributed by atoms with E-state index >= 15 is 0 Å². The fourth-order valence-corrected chi connectivity index (χ4v) is 4.54. The first kappa shape index (κ1) is 13.9. The molecule has 0 amide bonds. The van der Waals surface area contributed by atoms with Gasteiger partial charge in [-0.1, -0.05) is 19.3 Å². The van der Waals surface area contributed by atoms with Crippen molar-refractivity contribution in [2.24, 2.45) is 5.41 Å². The summed E-state index contributed by atoms with van der Waals surface area (Å²) in [5.74, 6) is 0.986. The summed E-state index contributed by atoms with van der Waals surface area (Å²) < 4.78 is 5.41. The molecule has 0 bridgehead atoms. The van der Waals surface area contributed by atoms with Crippen molar-refractivity contribution in [2.45, 2.75) is 58.4 Å². The molecule has 20 heavy (non-hydrogen) atoms. The van der Waals surface area contributed by atoms with Crippen molar-refractivity contribution in [3.05, 3.63) is 28.8 Å². The predicted octanol–water partition coefficient (Wildman–Crippen LogP) is 4.30. The Morgan fingerprint density at radius 2 is 1.70 bits per heavy atom. The van der Waals surface area contributed by atoms with Crippen LogP contribution in [0.25, 0.3) is 0 Å². The highest BCUT2D eigenvalue weighted by molar-refractivity contribution is 5.44. The SMILES string of the molecule is COc1cc(C)c(C2NCCC23CCCCC3)c(C)c1. The molecule has 1 N–H and O–H groups in total. The highest BCUT2D eigenvalue weighted by Crippen LogP contribution is 2.52. The zero-order valence-corrected chi connectivity index (χ0v) is 13.1. The van der Waals surface area contributed by atoms with E-state index in [1.807, 2.05) is 0 Å². The lowest BCUT2D eigenvalue weighted by Crippen LogP contribution is -2.32. The Bertz CT molecular complexity index is 465. The van der Waals surface area contributed by atoms with Gasteiger partial charge >= 0.3 is 0 Å². The van der Waals surface area contributed by atoms with Crippen LogP contribution in [0, 0.1) is 19.3 Å². The quantitative estimate of drug-likeness (QED) is 0.867. The molecule has 1 saturated carbocycles. The molecule has 2 nitrogen and oxygen atoms in total. The van der Waals surface area contributed by atoms with Gasteiger partial charge in [-0.25, -0.2) is 0 Å². The Labute approximate surface area is 122 Å². The van der Waals surface area contributed by atoms with E-state index in [-0.39, 0.29) is 0 Å². The molecular weight excluding hydrogens is 246 g/mol. The molecule has 2 heteroatoms. The maximum Gasteiger partial charge on any atom is 0.119 e. The van der Waals surface area contributed by atoms with Gasteiger partial charge in [0.25, 0.3) is 0 Å². The Kier molecular flexibility index (Phi) is 3.76. The van der Waals surface area contributed by atoms with Gasteiger partial charge in [-0.05, 0) is 73.9 Å². The molecule has 0 radical (unpaired) electrons. The molecule has 0 aromatic heterocycles. The number of hydrogen-bond acceptors (Lipinski definition) is 2. The molecule has 3 rings (SSSR count). The summed E-state index contributed by atoms with van der Waals surface area (Å²) in [6.07, 6.45) is 8.39. The number of rotatable bonds is 2. The van der Waals surface area contributed by atoms with Crippen LogP contribution in [0.1, 0.15) is 61.3 Å². The number of aryl methyl sites for hydroxylation is 2. The van der Waals surface area contributed by atoms with Crippen LogP contribution in [0.3, 0.4) is 0 Å². The first-order valence-corrected chi connectivity index (χ1v) is 8.05. The fourth-order valence-electron chi connectivity index (χ4n) is 4.54. The minimum absolute atomic E-state index is 0.516. The normalized spacial score (nSPS) is 25.1. The van der Waals surface area contributed by atoms with E-state index in [1.165, 1.54) is 61.8 Å². The first-order valence-electron chi connectivity index (χ1n) is 8.05. The Balaban J connectivity index is 1.99. The fraction of sp³-hybridized carbons (Fsp3) is 0.667. The Hall–Kier alpha value is -1.02. The van der Waals surface area contributed by atoms with E-state index < -0.39 is 0 Å². The van der Waals surface area contributed by atoms with Crippen LogP contribution < -0.4 is 10.1 Å². The first-order chi connectivity index (χ1) is 9.66. The van der Waals surface area contributed by atoms with Crippen LogP contribution in [-0.2, 0) is 0 Å². The van der Waals surface area contributed by atoms with E-state index in [4.69, 9.17) is 4.74 Å². The largest absolute Gasteiger partial charge is 0.497 e. The van der Waals surface area contributed by atoms with Gasteiger partial charge in [0.1, 0.15) is 5.75 Å². The average Bonchev–Trinajstić information content (AvgIpc) is 2.82. The van der Waals surface area contributed by atoms with Gasteiger partial charge in [-0.15, -0.1) is 0 Å². The molecule has 1 aromatic rings. The standard InChI is InChI=1S/C18H27NO/c1-13-11-15(20-3)12-14(2)16(13)17-18(9-10-19-17)7-5-4-6-8-18/h11-12,17,19H,4-10H2,1-3H3. The Morgan fingerprint density at radius 1 is 1.05 bits per heavy atom. The number of hydrogen-bond donors (Lipinski definition) is 1. The lowest BCUT2D eigenvalue weighted by molar-refractivity contribution is 0.164. The van der Waals surface area contributed by atoms with Crippen molar-refractivity contribution in [3.8, 4) is 5.75 Å². The smallest absolute Gasteiger partial charge is 0.119 e. The van der Waals surface area contributed by atoms with Gasteiger partial charge in [0, 0.05) is 6.04 Å². The van der Waals surface area contributed by atoms with Crippen LogP contribution in [-0.4, -0.2) is 13.7 Å². The molecule has 1 aliphatic carbocycles. The molecule has 1 unspecified atom stereocenters. The van der Waals surface area contributed by atoms with Crippen molar-refractivity contribution in [1.29, 1.82) is 0 Å². The highest BCUT2D eigenvalue weighted by Gasteiger charge is 2.44. The van der Waals surface area contributed by atoms with Crippen LogP contribution in [0.2, 0.25) is 0 Å². The van der Waals surface area contributed by atoms with Gasteiger partial charge in [0.05, 0.1) is 7.11 Å². The second kappa shape index (κ2) is 5.40. The molecule has 1 atom stereocenters. The summed E-state index contributed by atoms with van der Waals surface area (Å²) in [4.78, 5) is 0. The van der Waals surface area contributed by atoms with Crippen LogP contribution in [0.15, 0.2) is 12.1 Å². The van der Waals surface area contributed by atoms with E-state index in [1.54, 1.807) is 7.11 Å². The van der Waals surface area contributed by atoms with Crippen LogP contribution in [0.4, 0.5) is 0 Å². The van der Waals surface area contributed by atoms with E-state index in [2.05, 4.69) is 31.3 Å². The van der Waals surface area contributed by atoms with E-state index in [0.717, 1.165) is 5.75 Å². The van der Waals surface area contributed by atoms with E-state index in [9.17, 15) is 0 Å². The zero-order valence-electron chi connectivity index (χ0n) is 13.1. The van der Waals surface area contributed by atoms with Crippen LogP contribution >= 0.6 is 0 Å². The minimum Gasteiger partial charge on any atom is -0.497 e. The summed E-state index contributed by atoms with van der Waals surface area (Å²) in [5, 5.41) is 3.81. The number of methoxy groups -OCH3 is 1. The van der Waals surface area contributed by atoms with Gasteiger partial charge in [-0.3, -0.25) is 0 Å². The molecule has 2 aliphatic rings. The van der Waals surface area contributed by atoms with Crippen molar-refractivity contribution >= 4 is 0 Å². The molecule has 1 spiro atoms. The molecule has 1 heterocycles. The minimum atomic E-state index is 0.516. The second-order valence-corrected chi connectivity index (χ2v) is 6.74. The van der Waals surface area contributed by atoms with Gasteiger partial charge < -0.3 is 10.1 Å². The highest BCUT2D eigenvalue weighted by atomic mass is 16.5. The lowest BCUT2D eigenvalue weighted by Gasteiger charge is -2.40. The maximum absolute atomic E-state index is 5.41. The third kappa shape index (κ3) is 2.24. The molecule has 110 valence electrons. The molecule has 2 fully saturated rings. The van der Waals surface area contributed by atoms with Gasteiger partial charge in [0.15, 0.2) is 0 Å². The zero-order chi connectivity index (χ0) is 14.2. The van der Waals surface area contributed by atoms with Crippen molar-refractivity contribution in [1.82, 2.24) is 5.32 Å². The second-order valence-electron chi connectivity index (χ2n) is 6.74. The van der Waals surface area contributed by atoms with Crippen molar-refractivity contribution < 1.29 is 4.74 Å². The molecule has 1 saturated heterocycles. The molecular formula is C18H27NO. The third-order valence-corrected chi connectivity index (χ3v) is 5.52.